The Morgan fingerprint density at radius 1 is 1.06 bits per heavy atom. The van der Waals surface area contributed by atoms with Gasteiger partial charge in [-0.2, -0.15) is 0 Å². The second-order valence-corrected chi connectivity index (χ2v) is 7.36. The number of phenols is 1. The number of aromatic hydroxyl groups is 1. The van der Waals surface area contributed by atoms with Gasteiger partial charge in [0.05, 0.1) is 31.4 Å². The van der Waals surface area contributed by atoms with E-state index in [9.17, 15) is 19.8 Å². The van der Waals surface area contributed by atoms with Crippen LogP contribution in [-0.4, -0.2) is 47.6 Å². The lowest BCUT2D eigenvalue weighted by Gasteiger charge is -2.25. The summed E-state index contributed by atoms with van der Waals surface area (Å²) in [5.74, 6) is -0.914. The van der Waals surface area contributed by atoms with Crippen LogP contribution < -0.4 is 9.47 Å². The summed E-state index contributed by atoms with van der Waals surface area (Å²) in [6.07, 6.45) is 2.59. The number of hydrogen-bond acceptors (Lipinski definition) is 6. The first-order valence-corrected chi connectivity index (χ1v) is 10.2. The Kier molecular flexibility index (Phi) is 6.84. The van der Waals surface area contributed by atoms with Crippen LogP contribution >= 0.6 is 0 Å². The highest BCUT2D eigenvalue weighted by Gasteiger charge is 2.46. The van der Waals surface area contributed by atoms with Crippen molar-refractivity contribution in [1.29, 1.82) is 0 Å². The van der Waals surface area contributed by atoms with E-state index in [0.29, 0.717) is 23.6 Å². The number of amides is 1. The van der Waals surface area contributed by atoms with Crippen molar-refractivity contribution in [1.82, 2.24) is 4.90 Å². The minimum absolute atomic E-state index is 0.0127. The first-order chi connectivity index (χ1) is 14.9. The van der Waals surface area contributed by atoms with Crippen LogP contribution in [0.4, 0.5) is 0 Å². The van der Waals surface area contributed by atoms with E-state index in [1.165, 1.54) is 31.3 Å². The molecule has 0 saturated carbocycles. The number of unbranched alkanes of at least 4 members (excludes halogenated alkanes) is 2. The van der Waals surface area contributed by atoms with E-state index in [-0.39, 0.29) is 22.6 Å². The molecule has 7 heteroatoms. The van der Waals surface area contributed by atoms with Gasteiger partial charge in [-0.05, 0) is 36.2 Å². The third-order valence-electron chi connectivity index (χ3n) is 5.39. The molecule has 1 amide bonds. The van der Waals surface area contributed by atoms with Gasteiger partial charge in [0.25, 0.3) is 11.7 Å². The van der Waals surface area contributed by atoms with Crippen molar-refractivity contribution in [3.05, 3.63) is 59.2 Å². The number of carbonyl (C=O) groups excluding carboxylic acids is 2. The molecular formula is C24H27NO6. The number of Topliss-reactive ketones (excluding diaryl/α,β-unsaturated/α-hetero) is 1. The van der Waals surface area contributed by atoms with Gasteiger partial charge >= 0.3 is 0 Å². The summed E-state index contributed by atoms with van der Waals surface area (Å²) < 4.78 is 10.6. The summed E-state index contributed by atoms with van der Waals surface area (Å²) in [7, 11) is 2.96. The number of phenolic OH excluding ortho intramolecular Hbond substituents is 1. The van der Waals surface area contributed by atoms with E-state index in [0.717, 1.165) is 19.3 Å². The number of aliphatic hydroxyl groups excluding tert-OH is 1. The number of benzene rings is 2. The van der Waals surface area contributed by atoms with Crippen LogP contribution in [0.1, 0.15) is 43.4 Å². The van der Waals surface area contributed by atoms with E-state index in [1.54, 1.807) is 30.3 Å². The number of aliphatic hydroxyl groups is 1. The van der Waals surface area contributed by atoms with Crippen molar-refractivity contribution in [3.8, 4) is 17.2 Å². The van der Waals surface area contributed by atoms with Gasteiger partial charge in [0.2, 0.25) is 0 Å². The topological polar surface area (TPSA) is 96.3 Å². The van der Waals surface area contributed by atoms with E-state index in [4.69, 9.17) is 9.47 Å². The number of nitrogens with zero attached hydrogens (tertiary/aromatic N) is 1. The molecule has 164 valence electrons. The van der Waals surface area contributed by atoms with E-state index < -0.39 is 17.7 Å². The number of carbonyl (C=O) groups is 2. The third-order valence-corrected chi connectivity index (χ3v) is 5.39. The number of ether oxygens (including phenoxy) is 2. The molecule has 2 aromatic carbocycles. The summed E-state index contributed by atoms with van der Waals surface area (Å²) in [6.45, 7) is 2.42. The lowest BCUT2D eigenvalue weighted by Crippen LogP contribution is -2.30. The first-order valence-electron chi connectivity index (χ1n) is 10.2. The summed E-state index contributed by atoms with van der Waals surface area (Å²) in [5, 5.41) is 21.2. The quantitative estimate of drug-likeness (QED) is 0.287. The van der Waals surface area contributed by atoms with Crippen molar-refractivity contribution in [2.75, 3.05) is 20.8 Å². The highest BCUT2D eigenvalue weighted by molar-refractivity contribution is 6.46. The average molecular weight is 425 g/mol. The fraction of sp³-hybridized carbons (Fsp3) is 0.333. The van der Waals surface area contributed by atoms with Crippen LogP contribution in [0.3, 0.4) is 0 Å². The summed E-state index contributed by atoms with van der Waals surface area (Å²) >= 11 is 0. The second-order valence-electron chi connectivity index (χ2n) is 7.36. The van der Waals surface area contributed by atoms with E-state index in [1.807, 2.05) is 0 Å². The normalized spacial score (nSPS) is 17.8. The van der Waals surface area contributed by atoms with Crippen LogP contribution in [0.15, 0.2) is 48.0 Å². The Labute approximate surface area is 181 Å². The molecule has 2 aromatic rings. The Bertz CT molecular complexity index is 1010. The molecule has 0 spiro atoms. The molecule has 1 unspecified atom stereocenters. The highest BCUT2D eigenvalue weighted by atomic mass is 16.5. The molecule has 1 aliphatic rings. The molecule has 0 aliphatic carbocycles. The van der Waals surface area contributed by atoms with Crippen LogP contribution in [-0.2, 0) is 9.59 Å². The number of ketones is 1. The first kappa shape index (κ1) is 22.2. The molecule has 1 saturated heterocycles. The van der Waals surface area contributed by atoms with Gasteiger partial charge in [-0.1, -0.05) is 31.9 Å². The zero-order valence-electron chi connectivity index (χ0n) is 17.9. The standard InChI is InChI=1S/C24H27NO6/c1-4-5-6-12-25-21(15-8-7-9-16(26)13-15)20(23(28)24(25)29)22(27)18-11-10-17(30-2)14-19(18)31-3/h7-11,13-14,21,26-27H,4-6,12H2,1-3H3/b22-20-. The van der Waals surface area contributed by atoms with Crippen LogP contribution in [0.25, 0.3) is 5.76 Å². The van der Waals surface area contributed by atoms with Crippen molar-refractivity contribution in [2.45, 2.75) is 32.2 Å². The Hall–Kier alpha value is -3.48. The van der Waals surface area contributed by atoms with Crippen LogP contribution in [0.5, 0.6) is 17.2 Å². The maximum Gasteiger partial charge on any atom is 0.295 e. The van der Waals surface area contributed by atoms with Crippen LogP contribution in [0.2, 0.25) is 0 Å². The number of hydrogen-bond donors (Lipinski definition) is 2. The second kappa shape index (κ2) is 9.55. The number of rotatable bonds is 8. The van der Waals surface area contributed by atoms with Crippen molar-refractivity contribution >= 4 is 17.4 Å². The minimum atomic E-state index is -0.809. The summed E-state index contributed by atoms with van der Waals surface area (Å²) in [5.41, 5.74) is 0.792. The largest absolute Gasteiger partial charge is 0.508 e. The molecule has 7 nitrogen and oxygen atoms in total. The maximum absolute atomic E-state index is 13.0. The smallest absolute Gasteiger partial charge is 0.295 e. The van der Waals surface area contributed by atoms with Gasteiger partial charge in [0.1, 0.15) is 23.0 Å². The lowest BCUT2D eigenvalue weighted by molar-refractivity contribution is -0.139. The molecule has 3 rings (SSSR count). The lowest BCUT2D eigenvalue weighted by atomic mass is 9.94. The van der Waals surface area contributed by atoms with E-state index in [2.05, 4.69) is 6.92 Å². The number of methoxy groups -OCH3 is 2. The predicted octanol–water partition coefficient (Wildman–Crippen LogP) is 4.02. The summed E-state index contributed by atoms with van der Waals surface area (Å²) in [4.78, 5) is 27.4. The summed E-state index contributed by atoms with van der Waals surface area (Å²) in [6, 6.07) is 10.4. The molecule has 1 aliphatic heterocycles. The molecular weight excluding hydrogens is 398 g/mol. The minimum Gasteiger partial charge on any atom is -0.508 e. The van der Waals surface area contributed by atoms with Gasteiger partial charge in [-0.3, -0.25) is 9.59 Å². The average Bonchev–Trinajstić information content (AvgIpc) is 3.03. The van der Waals surface area contributed by atoms with Crippen molar-refractivity contribution in [2.24, 2.45) is 0 Å². The monoisotopic (exact) mass is 425 g/mol. The van der Waals surface area contributed by atoms with Gasteiger partial charge in [-0.15, -0.1) is 0 Å². The fourth-order valence-electron chi connectivity index (χ4n) is 3.82. The van der Waals surface area contributed by atoms with Gasteiger partial charge < -0.3 is 24.6 Å². The molecule has 31 heavy (non-hydrogen) atoms. The Morgan fingerprint density at radius 3 is 2.48 bits per heavy atom. The number of likely N-dealkylation sites (tertiary alicyclic amines) is 1. The Balaban J connectivity index is 2.17. The molecule has 1 atom stereocenters. The van der Waals surface area contributed by atoms with Crippen molar-refractivity contribution in [3.63, 3.8) is 0 Å². The highest BCUT2D eigenvalue weighted by Crippen LogP contribution is 2.42. The third kappa shape index (κ3) is 4.35. The van der Waals surface area contributed by atoms with Gasteiger partial charge in [-0.25, -0.2) is 0 Å². The molecule has 0 aromatic heterocycles. The molecule has 2 N–H and O–H groups in total. The zero-order valence-corrected chi connectivity index (χ0v) is 17.9. The Morgan fingerprint density at radius 2 is 1.84 bits per heavy atom. The maximum atomic E-state index is 13.0. The SMILES string of the molecule is CCCCCN1C(=O)C(=O)/C(=C(\O)c2ccc(OC)cc2OC)C1c1cccc(O)c1. The van der Waals surface area contributed by atoms with Crippen molar-refractivity contribution < 1.29 is 29.3 Å². The molecule has 1 fully saturated rings. The molecule has 0 bridgehead atoms. The van der Waals surface area contributed by atoms with E-state index >= 15 is 0 Å². The van der Waals surface area contributed by atoms with Crippen LogP contribution in [0, 0.1) is 0 Å². The van der Waals surface area contributed by atoms with Gasteiger partial charge in [0.15, 0.2) is 0 Å². The molecule has 0 radical (unpaired) electrons. The predicted molar refractivity (Wildman–Crippen MR) is 116 cm³/mol. The molecule has 1 heterocycles. The zero-order chi connectivity index (χ0) is 22.5. The fourth-order valence-corrected chi connectivity index (χ4v) is 3.82. The van der Waals surface area contributed by atoms with Gasteiger partial charge in [0, 0.05) is 12.6 Å².